The van der Waals surface area contributed by atoms with Gasteiger partial charge in [0.15, 0.2) is 0 Å². The molecule has 2 heterocycles. The van der Waals surface area contributed by atoms with E-state index in [1.165, 1.54) is 0 Å². The first kappa shape index (κ1) is 16.6. The minimum absolute atomic E-state index is 0.484. The first-order valence-corrected chi connectivity index (χ1v) is 11.2. The van der Waals surface area contributed by atoms with E-state index in [1.54, 1.807) is 0 Å². The highest BCUT2D eigenvalue weighted by atomic mass is 32.3. The van der Waals surface area contributed by atoms with Crippen LogP contribution in [-0.4, -0.2) is 16.7 Å². The second-order valence-electron chi connectivity index (χ2n) is 7.22. The largest absolute Gasteiger partial charge is 0.759 e. The molecule has 0 fully saturated rings. The zero-order chi connectivity index (χ0) is 19.0. The second kappa shape index (κ2) is 5.81. The molecule has 4 nitrogen and oxygen atoms in total. The van der Waals surface area contributed by atoms with Gasteiger partial charge in [-0.05, 0) is 68.1 Å². The number of fused-ring (bicyclic) bond motifs is 3. The Balaban J connectivity index is 1.73. The lowest BCUT2D eigenvalue weighted by Gasteiger charge is -2.46. The number of hydrogen-bond donors (Lipinski definition) is 0. The monoisotopic (exact) mass is 404 g/mol. The van der Waals surface area contributed by atoms with Gasteiger partial charge in [0.2, 0.25) is 0 Å². The van der Waals surface area contributed by atoms with Crippen LogP contribution in [0.5, 0.6) is 0 Å². The zero-order valence-corrected chi connectivity index (χ0v) is 16.2. The lowest BCUT2D eigenvalue weighted by atomic mass is 9.80. The standard InChI is InChI=1S/C22H15NO3S2/c24-27-22-19-11-15-7-3-1-5-13(15)9-17(19)21(23(27)28(25)26)18-10-14-6-2-4-8-16(14)12-20(18)22/h1-12,21-22H,(H,25,26)/p-1. The molecular formula is C22H14NO3S2-. The van der Waals surface area contributed by atoms with E-state index in [9.17, 15) is 13.0 Å². The summed E-state index contributed by atoms with van der Waals surface area (Å²) in [6, 6.07) is 23.7. The topological polar surface area (TPSA) is 60.4 Å². The Morgan fingerprint density at radius 3 is 1.54 bits per heavy atom. The van der Waals surface area contributed by atoms with Crippen molar-refractivity contribution in [1.82, 2.24) is 3.71 Å². The molecule has 2 atom stereocenters. The van der Waals surface area contributed by atoms with Crippen LogP contribution in [0.4, 0.5) is 0 Å². The van der Waals surface area contributed by atoms with Gasteiger partial charge >= 0.3 is 0 Å². The van der Waals surface area contributed by atoms with Crippen LogP contribution in [0.2, 0.25) is 0 Å². The summed E-state index contributed by atoms with van der Waals surface area (Å²) >= 11 is -2.58. The Bertz CT molecular complexity index is 1260. The van der Waals surface area contributed by atoms with Gasteiger partial charge in [-0.2, -0.15) is 0 Å². The molecule has 0 saturated carbocycles. The van der Waals surface area contributed by atoms with Crippen molar-refractivity contribution < 1.29 is 13.0 Å². The number of hydrogen-bond acceptors (Lipinski definition) is 3. The minimum atomic E-state index is -2.58. The molecule has 1 aliphatic carbocycles. The average Bonchev–Trinajstić information content (AvgIpc) is 2.70. The predicted octanol–water partition coefficient (Wildman–Crippen LogP) is 4.26. The molecule has 3 aliphatic rings. The van der Waals surface area contributed by atoms with Gasteiger partial charge in [0.1, 0.15) is 16.2 Å². The Labute approximate surface area is 166 Å². The van der Waals surface area contributed by atoms with E-state index in [2.05, 4.69) is 24.3 Å². The smallest absolute Gasteiger partial charge is 0.119 e. The number of rotatable bonds is 1. The highest BCUT2D eigenvalue weighted by Crippen LogP contribution is 2.54. The summed E-state index contributed by atoms with van der Waals surface area (Å²) in [5.74, 6) is 0. The fourth-order valence-electron chi connectivity index (χ4n) is 4.61. The molecule has 0 N–H and O–H groups in total. The van der Waals surface area contributed by atoms with Crippen molar-refractivity contribution >= 4 is 43.8 Å². The van der Waals surface area contributed by atoms with Gasteiger partial charge in [-0.3, -0.25) is 4.21 Å². The third-order valence-electron chi connectivity index (χ3n) is 5.79. The van der Waals surface area contributed by atoms with Gasteiger partial charge in [-0.1, -0.05) is 48.5 Å². The second-order valence-corrected chi connectivity index (χ2v) is 9.69. The molecule has 0 aromatic heterocycles. The highest BCUT2D eigenvalue weighted by molar-refractivity contribution is 7.95. The van der Waals surface area contributed by atoms with Crippen molar-refractivity contribution in [2.45, 2.75) is 11.3 Å². The summed E-state index contributed by atoms with van der Waals surface area (Å²) in [6.07, 6.45) is 0. The van der Waals surface area contributed by atoms with Crippen LogP contribution in [0, 0.1) is 0 Å². The molecule has 138 valence electrons. The molecule has 0 amide bonds. The minimum Gasteiger partial charge on any atom is -0.759 e. The van der Waals surface area contributed by atoms with Crippen LogP contribution >= 0.6 is 0 Å². The Morgan fingerprint density at radius 1 is 0.750 bits per heavy atom. The van der Waals surface area contributed by atoms with E-state index in [0.29, 0.717) is 0 Å². The van der Waals surface area contributed by atoms with Crippen molar-refractivity contribution in [3.8, 4) is 0 Å². The van der Waals surface area contributed by atoms with Gasteiger partial charge in [0, 0.05) is 11.3 Å². The maximum atomic E-state index is 13.3. The summed E-state index contributed by atoms with van der Waals surface area (Å²) < 4.78 is 38.5. The Hall–Kier alpha value is -2.38. The van der Waals surface area contributed by atoms with Crippen molar-refractivity contribution in [1.29, 1.82) is 0 Å². The molecule has 28 heavy (non-hydrogen) atoms. The predicted molar refractivity (Wildman–Crippen MR) is 110 cm³/mol. The molecule has 0 spiro atoms. The van der Waals surface area contributed by atoms with Crippen LogP contribution in [0.1, 0.15) is 33.5 Å². The Morgan fingerprint density at radius 2 is 1.14 bits per heavy atom. The molecular weight excluding hydrogens is 390 g/mol. The average molecular weight is 404 g/mol. The summed E-state index contributed by atoms with van der Waals surface area (Å²) in [7, 11) is -1.68. The number of nitrogens with zero attached hydrogens (tertiary/aromatic N) is 1. The summed E-state index contributed by atoms with van der Waals surface area (Å²) in [5.41, 5.74) is 3.78. The molecule has 2 unspecified atom stereocenters. The Kier molecular flexibility index (Phi) is 3.44. The van der Waals surface area contributed by atoms with E-state index < -0.39 is 33.5 Å². The van der Waals surface area contributed by atoms with Gasteiger partial charge < -0.3 is 4.55 Å². The molecule has 0 saturated heterocycles. The van der Waals surface area contributed by atoms with Gasteiger partial charge in [-0.15, -0.1) is 3.71 Å². The van der Waals surface area contributed by atoms with Crippen LogP contribution in [0.15, 0.2) is 72.8 Å². The molecule has 2 aliphatic heterocycles. The maximum absolute atomic E-state index is 13.3. The molecule has 4 aromatic rings. The van der Waals surface area contributed by atoms with Crippen molar-refractivity contribution in [3.05, 3.63) is 95.1 Å². The third-order valence-corrected chi connectivity index (χ3v) is 8.58. The first-order valence-electron chi connectivity index (χ1n) is 8.98. The fraction of sp³-hybridized carbons (Fsp3) is 0.0909. The van der Waals surface area contributed by atoms with Crippen molar-refractivity contribution in [2.75, 3.05) is 0 Å². The highest BCUT2D eigenvalue weighted by Gasteiger charge is 2.48. The van der Waals surface area contributed by atoms with Crippen LogP contribution in [0.3, 0.4) is 0 Å². The van der Waals surface area contributed by atoms with E-state index in [-0.39, 0.29) is 0 Å². The van der Waals surface area contributed by atoms with Gasteiger partial charge in [0.05, 0.1) is 6.04 Å². The number of benzene rings is 4. The summed E-state index contributed by atoms with van der Waals surface area (Å²) in [4.78, 5) is 0. The summed E-state index contributed by atoms with van der Waals surface area (Å²) in [6.45, 7) is 0. The lowest BCUT2D eigenvalue weighted by Crippen LogP contribution is -2.45. The van der Waals surface area contributed by atoms with E-state index in [1.807, 2.05) is 48.5 Å². The van der Waals surface area contributed by atoms with E-state index in [0.717, 1.165) is 47.5 Å². The molecule has 6 heteroatoms. The van der Waals surface area contributed by atoms with Gasteiger partial charge in [0.25, 0.3) is 0 Å². The lowest BCUT2D eigenvalue weighted by molar-refractivity contribution is 0.437. The molecule has 4 aromatic carbocycles. The zero-order valence-electron chi connectivity index (χ0n) is 14.6. The quantitative estimate of drug-likeness (QED) is 0.446. The molecule has 7 rings (SSSR count). The van der Waals surface area contributed by atoms with E-state index >= 15 is 0 Å². The fourth-order valence-corrected chi connectivity index (χ4v) is 7.23. The maximum Gasteiger partial charge on any atom is 0.119 e. The third kappa shape index (κ3) is 2.11. The summed E-state index contributed by atoms with van der Waals surface area (Å²) in [5, 5.41) is 3.77. The molecule has 2 bridgehead atoms. The van der Waals surface area contributed by atoms with Crippen LogP contribution in [0.25, 0.3) is 21.5 Å². The SMILES string of the molecule is O=S([O-])N1C2c3cc4ccccc4cc3C(c3cc4ccccc4cc32)S1=O. The van der Waals surface area contributed by atoms with Gasteiger partial charge in [-0.25, -0.2) is 4.21 Å². The normalized spacial score (nSPS) is 24.2. The molecule has 0 radical (unpaired) electrons. The van der Waals surface area contributed by atoms with Crippen LogP contribution < -0.4 is 0 Å². The van der Waals surface area contributed by atoms with Crippen molar-refractivity contribution in [2.24, 2.45) is 0 Å². The first-order chi connectivity index (χ1) is 13.6. The van der Waals surface area contributed by atoms with Crippen molar-refractivity contribution in [3.63, 3.8) is 0 Å². The van der Waals surface area contributed by atoms with Crippen LogP contribution in [-0.2, 0) is 22.3 Å². The van der Waals surface area contributed by atoms with E-state index in [4.69, 9.17) is 0 Å².